The number of nitrogens with one attached hydrogen (secondary N) is 2. The molecule has 6 nitrogen and oxygen atoms in total. The highest BCUT2D eigenvalue weighted by atomic mass is 16.5. The van der Waals surface area contributed by atoms with Crippen molar-refractivity contribution in [3.8, 4) is 16.9 Å². The number of nitrogens with zero attached hydrogens (tertiary/aromatic N) is 2. The summed E-state index contributed by atoms with van der Waals surface area (Å²) >= 11 is 0. The third kappa shape index (κ3) is 3.69. The minimum Gasteiger partial charge on any atom is -0.491 e. The Balaban J connectivity index is 1.14. The van der Waals surface area contributed by atoms with Gasteiger partial charge in [-0.3, -0.25) is 0 Å². The van der Waals surface area contributed by atoms with E-state index in [0.29, 0.717) is 37.6 Å². The summed E-state index contributed by atoms with van der Waals surface area (Å²) in [4.78, 5) is 23.3. The largest absolute Gasteiger partial charge is 0.491 e. The molecule has 6 heteroatoms. The first-order valence-electron chi connectivity index (χ1n) is 13.3. The number of H-pyrrole nitrogens is 1. The second-order valence-corrected chi connectivity index (χ2v) is 11.5. The average Bonchev–Trinajstić information content (AvgIpc) is 3.05. The summed E-state index contributed by atoms with van der Waals surface area (Å²) in [6.07, 6.45) is 6.68. The molecule has 1 aromatic heterocycles. The summed E-state index contributed by atoms with van der Waals surface area (Å²) < 4.78 is 6.17. The maximum Gasteiger partial charge on any atom is 0.318 e. The Morgan fingerprint density at radius 3 is 2.57 bits per heavy atom. The number of hydrogen-bond acceptors (Lipinski definition) is 3. The minimum atomic E-state index is 0.0799. The van der Waals surface area contributed by atoms with Crippen molar-refractivity contribution in [1.82, 2.24) is 20.2 Å². The van der Waals surface area contributed by atoms with Gasteiger partial charge in [0.25, 0.3) is 0 Å². The van der Waals surface area contributed by atoms with Crippen molar-refractivity contribution >= 4 is 17.1 Å². The van der Waals surface area contributed by atoms with Gasteiger partial charge in [0, 0.05) is 11.6 Å². The van der Waals surface area contributed by atoms with Crippen LogP contribution in [0.2, 0.25) is 0 Å². The molecule has 0 unspecified atom stereocenters. The molecule has 0 spiro atoms. The summed E-state index contributed by atoms with van der Waals surface area (Å²) in [5.41, 5.74) is 6.50. The highest BCUT2D eigenvalue weighted by Gasteiger charge is 2.48. The first-order valence-corrected chi connectivity index (χ1v) is 13.3. The van der Waals surface area contributed by atoms with Crippen LogP contribution in [0.1, 0.15) is 49.1 Å². The van der Waals surface area contributed by atoms with E-state index in [-0.39, 0.29) is 6.03 Å². The van der Waals surface area contributed by atoms with E-state index in [2.05, 4.69) is 52.5 Å². The van der Waals surface area contributed by atoms with Gasteiger partial charge in [-0.05, 0) is 111 Å². The van der Waals surface area contributed by atoms with E-state index in [9.17, 15) is 4.79 Å². The topological polar surface area (TPSA) is 70.2 Å². The molecule has 182 valence electrons. The zero-order valence-electron chi connectivity index (χ0n) is 20.6. The van der Waals surface area contributed by atoms with Gasteiger partial charge in [-0.15, -0.1) is 0 Å². The molecule has 0 radical (unpaired) electrons. The highest BCUT2D eigenvalue weighted by Crippen LogP contribution is 2.53. The monoisotopic (exact) mass is 470 g/mol. The first-order chi connectivity index (χ1) is 17.0. The van der Waals surface area contributed by atoms with Crippen LogP contribution in [-0.4, -0.2) is 40.1 Å². The van der Waals surface area contributed by atoms with Crippen LogP contribution in [0.25, 0.3) is 22.2 Å². The fourth-order valence-electron chi connectivity index (χ4n) is 7.77. The highest BCUT2D eigenvalue weighted by molar-refractivity contribution is 5.82. The number of fused-ring (bicyclic) bond motifs is 2. The lowest BCUT2D eigenvalue weighted by atomic mass is 9.54. The minimum absolute atomic E-state index is 0.0799. The van der Waals surface area contributed by atoms with Gasteiger partial charge in [-0.25, -0.2) is 9.78 Å². The maximum absolute atomic E-state index is 13.5. The number of amides is 2. The Bertz CT molecular complexity index is 1280. The second kappa shape index (κ2) is 8.00. The molecule has 2 heterocycles. The van der Waals surface area contributed by atoms with E-state index in [0.717, 1.165) is 56.7 Å². The van der Waals surface area contributed by atoms with Crippen LogP contribution in [0.5, 0.6) is 5.75 Å². The standard InChI is InChI=1S/C29H34N4O2/c1-16-7-21(20-3-4-25-26(14-20)31-17(2)30-25)13-24-15-33(5-6-35-28(16)24)29(34)32-27-22-9-18-8-19(11-22)12-23(27)10-18/h3-4,7,13-14,18-19,22-23,27H,5-6,8-12,15H2,1-2H3,(H,30,31)(H,32,34)/t18-,19+,22-,23+,27?. The van der Waals surface area contributed by atoms with Crippen LogP contribution in [0.4, 0.5) is 4.79 Å². The van der Waals surface area contributed by atoms with E-state index in [1.165, 1.54) is 32.1 Å². The molecule has 2 N–H and O–H groups in total. The van der Waals surface area contributed by atoms with Gasteiger partial charge in [0.2, 0.25) is 0 Å². The zero-order valence-corrected chi connectivity index (χ0v) is 20.6. The van der Waals surface area contributed by atoms with E-state index in [1.807, 2.05) is 11.8 Å². The molecule has 35 heavy (non-hydrogen) atoms. The average molecular weight is 471 g/mol. The summed E-state index contributed by atoms with van der Waals surface area (Å²) in [5.74, 6) is 5.04. The number of aryl methyl sites for hydroxylation is 2. The van der Waals surface area contributed by atoms with Crippen LogP contribution in [0.3, 0.4) is 0 Å². The second-order valence-electron chi connectivity index (χ2n) is 11.5. The summed E-state index contributed by atoms with van der Waals surface area (Å²) in [6, 6.07) is 11.2. The van der Waals surface area contributed by atoms with Crippen molar-refractivity contribution in [2.45, 2.75) is 58.5 Å². The number of carbonyl (C=O) groups is 1. The molecule has 0 saturated heterocycles. The summed E-state index contributed by atoms with van der Waals surface area (Å²) in [6.45, 7) is 5.80. The molecule has 3 aromatic rings. The van der Waals surface area contributed by atoms with E-state index in [4.69, 9.17) is 4.74 Å². The van der Waals surface area contributed by atoms with Gasteiger partial charge in [0.1, 0.15) is 18.2 Å². The van der Waals surface area contributed by atoms with Gasteiger partial charge < -0.3 is 19.9 Å². The van der Waals surface area contributed by atoms with Crippen LogP contribution >= 0.6 is 0 Å². The van der Waals surface area contributed by atoms with Crippen LogP contribution < -0.4 is 10.1 Å². The number of carbonyl (C=O) groups excluding carboxylic acids is 1. The van der Waals surface area contributed by atoms with E-state index in [1.54, 1.807) is 0 Å². The van der Waals surface area contributed by atoms with Crippen molar-refractivity contribution in [1.29, 1.82) is 0 Å². The molecule has 4 saturated carbocycles. The van der Waals surface area contributed by atoms with Crippen molar-refractivity contribution in [3.63, 3.8) is 0 Å². The smallest absolute Gasteiger partial charge is 0.318 e. The number of ether oxygens (including phenoxy) is 1. The van der Waals surface area contributed by atoms with Gasteiger partial charge in [-0.2, -0.15) is 0 Å². The molecule has 2 amide bonds. The summed E-state index contributed by atoms with van der Waals surface area (Å²) in [7, 11) is 0. The number of benzene rings is 2. The van der Waals surface area contributed by atoms with Crippen LogP contribution in [-0.2, 0) is 6.54 Å². The fourth-order valence-corrected chi connectivity index (χ4v) is 7.77. The SMILES string of the molecule is Cc1nc2ccc(-c3cc(C)c4c(c3)CN(C(=O)NC3[C@H]5C[C@@H]6C[C@@H](C[C@H]3C6)C5)CCO4)cc2[nH]1. The molecular formula is C29H34N4O2. The molecule has 4 bridgehead atoms. The molecule has 0 atom stereocenters. The molecule has 8 rings (SSSR count). The number of aromatic amines is 1. The fraction of sp³-hybridized carbons (Fsp3) is 0.517. The Labute approximate surface area is 206 Å². The molecule has 5 aliphatic rings. The van der Waals surface area contributed by atoms with Crippen LogP contribution in [0, 0.1) is 37.5 Å². The third-order valence-corrected chi connectivity index (χ3v) is 9.06. The van der Waals surface area contributed by atoms with Crippen molar-refractivity contribution in [2.75, 3.05) is 13.2 Å². The Hall–Kier alpha value is -3.02. The van der Waals surface area contributed by atoms with Crippen LogP contribution in [0.15, 0.2) is 30.3 Å². The van der Waals surface area contributed by atoms with Gasteiger partial charge in [0.15, 0.2) is 0 Å². The van der Waals surface area contributed by atoms with Crippen molar-refractivity contribution < 1.29 is 9.53 Å². The lowest BCUT2D eigenvalue weighted by molar-refractivity contribution is -0.0111. The number of rotatable bonds is 2. The molecule has 4 aliphatic carbocycles. The molecular weight excluding hydrogens is 436 g/mol. The first kappa shape index (κ1) is 21.3. The predicted molar refractivity (Wildman–Crippen MR) is 136 cm³/mol. The van der Waals surface area contributed by atoms with Crippen molar-refractivity contribution in [3.05, 3.63) is 47.3 Å². The lowest BCUT2D eigenvalue weighted by Gasteiger charge is -2.54. The van der Waals surface area contributed by atoms with E-state index >= 15 is 0 Å². The Morgan fingerprint density at radius 2 is 1.80 bits per heavy atom. The van der Waals surface area contributed by atoms with Gasteiger partial charge in [0.05, 0.1) is 24.1 Å². The van der Waals surface area contributed by atoms with Gasteiger partial charge >= 0.3 is 6.03 Å². The molecule has 4 fully saturated rings. The number of aromatic nitrogens is 2. The Kier molecular flexibility index (Phi) is 4.87. The zero-order chi connectivity index (χ0) is 23.7. The molecule has 1 aliphatic heterocycles. The maximum atomic E-state index is 13.5. The lowest BCUT2D eigenvalue weighted by Crippen LogP contribution is -2.58. The predicted octanol–water partition coefficient (Wildman–Crippen LogP) is 5.58. The quantitative estimate of drug-likeness (QED) is 0.514. The number of hydrogen-bond donors (Lipinski definition) is 2. The third-order valence-electron chi connectivity index (χ3n) is 9.06. The number of urea groups is 1. The summed E-state index contributed by atoms with van der Waals surface area (Å²) in [5, 5.41) is 3.49. The van der Waals surface area contributed by atoms with E-state index < -0.39 is 0 Å². The molecule has 2 aromatic carbocycles. The van der Waals surface area contributed by atoms with Gasteiger partial charge in [-0.1, -0.05) is 6.07 Å². The Morgan fingerprint density at radius 1 is 1.03 bits per heavy atom. The number of imidazole rings is 1. The normalized spacial score (nSPS) is 29.1. The van der Waals surface area contributed by atoms with Crippen molar-refractivity contribution in [2.24, 2.45) is 23.7 Å².